The number of carbonyl (C=O) groups is 2. The molecule has 0 N–H and O–H groups in total. The van der Waals surface area contributed by atoms with Crippen LogP contribution < -0.4 is 4.74 Å². The highest BCUT2D eigenvalue weighted by Crippen LogP contribution is 2.50. The number of piperidine rings is 1. The minimum Gasteiger partial charge on any atom is -0.495 e. The molecule has 2 fully saturated rings. The maximum atomic E-state index is 12.5. The Morgan fingerprint density at radius 3 is 2.89 bits per heavy atom. The van der Waals surface area contributed by atoms with E-state index in [1.54, 1.807) is 11.0 Å². The van der Waals surface area contributed by atoms with Gasteiger partial charge in [-0.2, -0.15) is 0 Å². The molecule has 6 heteroatoms. The van der Waals surface area contributed by atoms with Crippen molar-refractivity contribution < 1.29 is 19.1 Å². The first kappa shape index (κ1) is 12.5. The highest BCUT2D eigenvalue weighted by atomic mass is 32.1. The molecule has 3 rings (SSSR count). The minimum atomic E-state index is -0.422. The van der Waals surface area contributed by atoms with Gasteiger partial charge < -0.3 is 14.4 Å². The molecule has 1 aromatic heterocycles. The number of likely N-dealkylation sites (tertiary alicyclic amines) is 1. The summed E-state index contributed by atoms with van der Waals surface area (Å²) >= 11 is 1.34. The van der Waals surface area contributed by atoms with E-state index in [9.17, 15) is 9.59 Å². The zero-order chi connectivity index (χ0) is 13.6. The number of methoxy groups -OCH3 is 2. The molecule has 0 aromatic carbocycles. The standard InChI is InChI=1S/C13H15NO4S/c1-17-9-3-4-19-11(9)12(15)14-6-7-5-8(7)10(14)13(16)18-2/h3-4,7-8,10H,5-6H2,1-2H3/t7-,8+,10+/m0/s1. The van der Waals surface area contributed by atoms with Gasteiger partial charge in [0.15, 0.2) is 0 Å². The number of carbonyl (C=O) groups excluding carboxylic acids is 2. The lowest BCUT2D eigenvalue weighted by atomic mass is 10.2. The fourth-order valence-electron chi connectivity index (χ4n) is 2.84. The Balaban J connectivity index is 1.85. The lowest BCUT2D eigenvalue weighted by Crippen LogP contribution is -2.43. The van der Waals surface area contributed by atoms with Gasteiger partial charge in [-0.25, -0.2) is 4.79 Å². The SMILES string of the molecule is COC(=O)[C@H]1[C@@H]2C[C@H]2CN1C(=O)c1sccc1OC. The van der Waals surface area contributed by atoms with Crippen LogP contribution in [0.4, 0.5) is 0 Å². The van der Waals surface area contributed by atoms with Gasteiger partial charge in [0.25, 0.3) is 5.91 Å². The zero-order valence-corrected chi connectivity index (χ0v) is 11.6. The van der Waals surface area contributed by atoms with E-state index < -0.39 is 6.04 Å². The normalized spacial score (nSPS) is 27.9. The van der Waals surface area contributed by atoms with Crippen molar-refractivity contribution in [2.24, 2.45) is 11.8 Å². The van der Waals surface area contributed by atoms with Crippen LogP contribution in [-0.4, -0.2) is 43.6 Å². The number of amides is 1. The number of hydrogen-bond donors (Lipinski definition) is 0. The van der Waals surface area contributed by atoms with Crippen molar-refractivity contribution in [1.29, 1.82) is 0 Å². The second kappa shape index (κ2) is 4.52. The van der Waals surface area contributed by atoms with E-state index in [0.29, 0.717) is 23.1 Å². The molecule has 1 saturated carbocycles. The molecule has 1 aliphatic carbocycles. The quantitative estimate of drug-likeness (QED) is 0.786. The Bertz CT molecular complexity index is 526. The molecule has 2 aliphatic rings. The van der Waals surface area contributed by atoms with Crippen LogP contribution in [0.3, 0.4) is 0 Å². The summed E-state index contributed by atoms with van der Waals surface area (Å²) in [5.41, 5.74) is 0. The van der Waals surface area contributed by atoms with Crippen LogP contribution in [0.25, 0.3) is 0 Å². The molecule has 102 valence electrons. The summed E-state index contributed by atoms with van der Waals surface area (Å²) in [6.07, 6.45) is 1.02. The van der Waals surface area contributed by atoms with Gasteiger partial charge in [0, 0.05) is 6.54 Å². The first-order valence-corrected chi connectivity index (χ1v) is 7.05. The third-order valence-corrected chi connectivity index (χ3v) is 4.78. The van der Waals surface area contributed by atoms with Gasteiger partial charge in [-0.1, -0.05) is 0 Å². The van der Waals surface area contributed by atoms with Crippen LogP contribution in [0.2, 0.25) is 0 Å². The van der Waals surface area contributed by atoms with Crippen molar-refractivity contribution in [1.82, 2.24) is 4.90 Å². The Hall–Kier alpha value is -1.56. The van der Waals surface area contributed by atoms with Crippen LogP contribution in [0.15, 0.2) is 11.4 Å². The van der Waals surface area contributed by atoms with E-state index in [1.807, 2.05) is 5.38 Å². The molecule has 2 heterocycles. The molecule has 1 amide bonds. The van der Waals surface area contributed by atoms with Crippen LogP contribution in [0.5, 0.6) is 5.75 Å². The molecule has 1 saturated heterocycles. The summed E-state index contributed by atoms with van der Waals surface area (Å²) < 4.78 is 10.00. The summed E-state index contributed by atoms with van der Waals surface area (Å²) in [6, 6.07) is 1.34. The zero-order valence-electron chi connectivity index (χ0n) is 10.8. The summed E-state index contributed by atoms with van der Waals surface area (Å²) in [4.78, 5) is 26.6. The molecule has 0 unspecified atom stereocenters. The van der Waals surface area contributed by atoms with Crippen molar-refractivity contribution in [3.05, 3.63) is 16.3 Å². The fourth-order valence-corrected chi connectivity index (χ4v) is 3.65. The second-order valence-electron chi connectivity index (χ2n) is 4.90. The van der Waals surface area contributed by atoms with Crippen LogP contribution in [0, 0.1) is 11.8 Å². The lowest BCUT2D eigenvalue weighted by molar-refractivity contribution is -0.145. The number of rotatable bonds is 3. The maximum absolute atomic E-state index is 12.5. The van der Waals surface area contributed by atoms with Gasteiger partial charge in [0.2, 0.25) is 0 Å². The molecular formula is C13H15NO4S. The summed E-state index contributed by atoms with van der Waals surface area (Å²) in [6.45, 7) is 0.643. The van der Waals surface area contributed by atoms with E-state index in [1.165, 1.54) is 25.6 Å². The Kier molecular flexibility index (Phi) is 2.97. The monoisotopic (exact) mass is 281 g/mol. The number of esters is 1. The predicted molar refractivity (Wildman–Crippen MR) is 69.3 cm³/mol. The molecule has 19 heavy (non-hydrogen) atoms. The molecule has 0 bridgehead atoms. The Labute approximate surface area is 115 Å². The highest BCUT2D eigenvalue weighted by molar-refractivity contribution is 7.12. The van der Waals surface area contributed by atoms with Crippen LogP contribution >= 0.6 is 11.3 Å². The average Bonchev–Trinajstić information content (AvgIpc) is 2.90. The maximum Gasteiger partial charge on any atom is 0.328 e. The Morgan fingerprint density at radius 1 is 1.42 bits per heavy atom. The topological polar surface area (TPSA) is 55.8 Å². The van der Waals surface area contributed by atoms with Crippen LogP contribution in [-0.2, 0) is 9.53 Å². The van der Waals surface area contributed by atoms with E-state index in [4.69, 9.17) is 9.47 Å². The summed E-state index contributed by atoms with van der Waals surface area (Å²) in [7, 11) is 2.91. The number of ether oxygens (including phenoxy) is 2. The van der Waals surface area contributed by atoms with Gasteiger partial charge in [0.05, 0.1) is 14.2 Å². The molecular weight excluding hydrogens is 266 g/mol. The fraction of sp³-hybridized carbons (Fsp3) is 0.538. The summed E-state index contributed by atoms with van der Waals surface area (Å²) in [5, 5.41) is 1.82. The first-order valence-electron chi connectivity index (χ1n) is 6.17. The minimum absolute atomic E-state index is 0.130. The van der Waals surface area contributed by atoms with Crippen molar-refractivity contribution >= 4 is 23.2 Å². The largest absolute Gasteiger partial charge is 0.495 e. The third-order valence-electron chi connectivity index (χ3n) is 3.90. The highest BCUT2D eigenvalue weighted by Gasteiger charge is 2.57. The smallest absolute Gasteiger partial charge is 0.328 e. The number of hydrogen-bond acceptors (Lipinski definition) is 5. The van der Waals surface area contributed by atoms with E-state index in [-0.39, 0.29) is 17.8 Å². The number of fused-ring (bicyclic) bond motifs is 1. The van der Waals surface area contributed by atoms with E-state index >= 15 is 0 Å². The van der Waals surface area contributed by atoms with Gasteiger partial charge >= 0.3 is 5.97 Å². The third kappa shape index (κ3) is 1.90. The van der Waals surface area contributed by atoms with Gasteiger partial charge in [-0.3, -0.25) is 4.79 Å². The van der Waals surface area contributed by atoms with Crippen molar-refractivity contribution in [2.45, 2.75) is 12.5 Å². The predicted octanol–water partition coefficient (Wildman–Crippen LogP) is 1.39. The summed E-state index contributed by atoms with van der Waals surface area (Å²) in [5.74, 6) is 0.865. The molecule has 1 aliphatic heterocycles. The van der Waals surface area contributed by atoms with Gasteiger partial charge in [-0.15, -0.1) is 11.3 Å². The molecule has 3 atom stereocenters. The van der Waals surface area contributed by atoms with Gasteiger partial charge in [-0.05, 0) is 29.7 Å². The lowest BCUT2D eigenvalue weighted by Gasteiger charge is -2.25. The second-order valence-corrected chi connectivity index (χ2v) is 5.82. The van der Waals surface area contributed by atoms with E-state index in [0.717, 1.165) is 6.42 Å². The molecule has 0 spiro atoms. The van der Waals surface area contributed by atoms with Crippen molar-refractivity contribution in [3.63, 3.8) is 0 Å². The van der Waals surface area contributed by atoms with E-state index in [2.05, 4.69) is 0 Å². The van der Waals surface area contributed by atoms with Crippen molar-refractivity contribution in [3.8, 4) is 5.75 Å². The Morgan fingerprint density at radius 2 is 2.21 bits per heavy atom. The molecule has 5 nitrogen and oxygen atoms in total. The first-order chi connectivity index (χ1) is 9.17. The molecule has 0 radical (unpaired) electrons. The average molecular weight is 281 g/mol. The number of nitrogens with zero attached hydrogens (tertiary/aromatic N) is 1. The van der Waals surface area contributed by atoms with Crippen molar-refractivity contribution in [2.75, 3.05) is 20.8 Å². The molecule has 1 aromatic rings. The van der Waals surface area contributed by atoms with Crippen LogP contribution in [0.1, 0.15) is 16.1 Å². The number of thiophene rings is 1. The van der Waals surface area contributed by atoms with Gasteiger partial charge in [0.1, 0.15) is 16.7 Å².